The monoisotopic (exact) mass is 388 g/mol. The molecule has 2 atom stereocenters. The topological polar surface area (TPSA) is 58.6 Å². The number of halogens is 3. The fourth-order valence-electron chi connectivity index (χ4n) is 2.36. The van der Waals surface area contributed by atoms with E-state index in [4.69, 9.17) is 27.9 Å². The molecule has 5 nitrogen and oxygen atoms in total. The third-order valence-corrected chi connectivity index (χ3v) is 6.52. The molecule has 126 valence electrons. The van der Waals surface area contributed by atoms with Gasteiger partial charge >= 0.3 is 0 Å². The molecule has 1 N–H and O–H groups in total. The van der Waals surface area contributed by atoms with E-state index >= 15 is 0 Å². The molecule has 0 amide bonds. The van der Waals surface area contributed by atoms with Gasteiger partial charge in [0.1, 0.15) is 10.6 Å². The third-order valence-electron chi connectivity index (χ3n) is 3.77. The smallest absolute Gasteiger partial charge is 0.244 e. The molecule has 1 saturated heterocycles. The van der Waals surface area contributed by atoms with E-state index in [2.05, 4.69) is 5.32 Å². The molecule has 0 radical (unpaired) electrons. The number of sulfonamides is 1. The second-order valence-corrected chi connectivity index (χ2v) is 7.69. The van der Waals surface area contributed by atoms with Gasteiger partial charge in [0.2, 0.25) is 10.0 Å². The Balaban J connectivity index is 0.00000242. The first-order valence-electron chi connectivity index (χ1n) is 6.57. The molecule has 22 heavy (non-hydrogen) atoms. The zero-order chi connectivity index (χ0) is 15.8. The van der Waals surface area contributed by atoms with Crippen molar-refractivity contribution in [1.29, 1.82) is 0 Å². The average molecular weight is 390 g/mol. The second-order valence-electron chi connectivity index (χ2n) is 5.02. The van der Waals surface area contributed by atoms with Crippen molar-refractivity contribution in [3.63, 3.8) is 0 Å². The van der Waals surface area contributed by atoms with Gasteiger partial charge in [0.25, 0.3) is 0 Å². The number of nitrogens with one attached hydrogen (secondary N) is 1. The highest BCUT2D eigenvalue weighted by molar-refractivity contribution is 7.89. The van der Waals surface area contributed by atoms with Crippen LogP contribution in [0.4, 0.5) is 0 Å². The van der Waals surface area contributed by atoms with Gasteiger partial charge in [0.15, 0.2) is 0 Å². The van der Waals surface area contributed by atoms with Crippen LogP contribution in [0.15, 0.2) is 17.0 Å². The van der Waals surface area contributed by atoms with E-state index in [-0.39, 0.29) is 39.4 Å². The van der Waals surface area contributed by atoms with Gasteiger partial charge in [-0.3, -0.25) is 0 Å². The minimum Gasteiger partial charge on any atom is -0.495 e. The number of nitrogens with zero attached hydrogens (tertiary/aromatic N) is 1. The van der Waals surface area contributed by atoms with Gasteiger partial charge in [-0.1, -0.05) is 23.2 Å². The van der Waals surface area contributed by atoms with Gasteiger partial charge in [-0.25, -0.2) is 8.42 Å². The Labute approximate surface area is 147 Å². The molecule has 0 saturated carbocycles. The van der Waals surface area contributed by atoms with Crippen LogP contribution in [-0.4, -0.2) is 45.0 Å². The van der Waals surface area contributed by atoms with Crippen molar-refractivity contribution in [2.45, 2.75) is 30.8 Å². The van der Waals surface area contributed by atoms with Gasteiger partial charge < -0.3 is 10.1 Å². The summed E-state index contributed by atoms with van der Waals surface area (Å²) < 4.78 is 32.2. The molecular weight excluding hydrogens is 371 g/mol. The largest absolute Gasteiger partial charge is 0.495 e. The molecule has 0 aromatic heterocycles. The van der Waals surface area contributed by atoms with E-state index < -0.39 is 10.0 Å². The number of hydrogen-bond donors (Lipinski definition) is 1. The number of rotatable bonds is 3. The Morgan fingerprint density at radius 1 is 1.27 bits per heavy atom. The summed E-state index contributed by atoms with van der Waals surface area (Å²) >= 11 is 12.1. The molecular formula is C13H19Cl3N2O3S. The second kappa shape index (κ2) is 7.55. The Hall–Kier alpha value is -0.240. The average Bonchev–Trinajstić information content (AvgIpc) is 2.43. The molecule has 0 bridgehead atoms. The lowest BCUT2D eigenvalue weighted by Gasteiger charge is -2.37. The van der Waals surface area contributed by atoms with Crippen LogP contribution in [0.2, 0.25) is 10.0 Å². The van der Waals surface area contributed by atoms with E-state index in [9.17, 15) is 8.42 Å². The molecule has 1 fully saturated rings. The summed E-state index contributed by atoms with van der Waals surface area (Å²) in [5.41, 5.74) is 0. The van der Waals surface area contributed by atoms with Crippen molar-refractivity contribution in [2.75, 3.05) is 20.2 Å². The number of benzene rings is 1. The summed E-state index contributed by atoms with van der Waals surface area (Å²) in [6.45, 7) is 4.82. The summed E-state index contributed by atoms with van der Waals surface area (Å²) in [5, 5.41) is 3.57. The SMILES string of the molecule is COc1cc(Cl)c(S(=O)(=O)N2CCNC(C)C2C)cc1Cl.Cl. The molecule has 0 aliphatic carbocycles. The van der Waals surface area contributed by atoms with Crippen LogP contribution < -0.4 is 10.1 Å². The maximum atomic E-state index is 12.8. The zero-order valence-electron chi connectivity index (χ0n) is 12.5. The first-order valence-corrected chi connectivity index (χ1v) is 8.77. The van der Waals surface area contributed by atoms with E-state index in [1.165, 1.54) is 23.5 Å². The van der Waals surface area contributed by atoms with Gasteiger partial charge in [-0.15, -0.1) is 12.4 Å². The standard InChI is InChI=1S/C13H18Cl2N2O3S.ClH/c1-8-9(2)17(5-4-16-8)21(18,19)13-7-10(14)12(20-3)6-11(13)15;/h6-9,16H,4-5H2,1-3H3;1H. The fourth-order valence-corrected chi connectivity index (χ4v) is 4.88. The number of hydrogen-bond acceptors (Lipinski definition) is 4. The predicted octanol–water partition coefficient (Wildman–Crippen LogP) is 2.79. The Morgan fingerprint density at radius 3 is 2.50 bits per heavy atom. The summed E-state index contributed by atoms with van der Waals surface area (Å²) in [6, 6.07) is 2.67. The molecule has 1 aliphatic rings. The van der Waals surface area contributed by atoms with Crippen molar-refractivity contribution in [3.05, 3.63) is 22.2 Å². The van der Waals surface area contributed by atoms with Gasteiger partial charge in [0.05, 0.1) is 17.2 Å². The van der Waals surface area contributed by atoms with Crippen molar-refractivity contribution in [2.24, 2.45) is 0 Å². The minimum atomic E-state index is -3.70. The number of methoxy groups -OCH3 is 1. The number of ether oxygens (including phenoxy) is 1. The van der Waals surface area contributed by atoms with Crippen LogP contribution >= 0.6 is 35.6 Å². The Morgan fingerprint density at radius 2 is 1.91 bits per heavy atom. The van der Waals surface area contributed by atoms with Crippen molar-refractivity contribution in [3.8, 4) is 5.75 Å². The van der Waals surface area contributed by atoms with Gasteiger partial charge in [0, 0.05) is 31.2 Å². The van der Waals surface area contributed by atoms with Gasteiger partial charge in [-0.05, 0) is 19.9 Å². The summed E-state index contributed by atoms with van der Waals surface area (Å²) in [4.78, 5) is 0.0101. The molecule has 9 heteroatoms. The molecule has 1 aliphatic heterocycles. The normalized spacial score (nSPS) is 23.0. The number of piperazine rings is 1. The first-order chi connectivity index (χ1) is 9.78. The maximum Gasteiger partial charge on any atom is 0.244 e. The third kappa shape index (κ3) is 3.63. The quantitative estimate of drug-likeness (QED) is 0.863. The van der Waals surface area contributed by atoms with E-state index in [1.807, 2.05) is 13.8 Å². The summed E-state index contributed by atoms with van der Waals surface area (Å²) in [6.07, 6.45) is 0. The molecule has 2 unspecified atom stereocenters. The van der Waals surface area contributed by atoms with E-state index in [0.29, 0.717) is 18.8 Å². The summed E-state index contributed by atoms with van der Waals surface area (Å²) in [7, 11) is -2.25. The highest BCUT2D eigenvalue weighted by Crippen LogP contribution is 2.35. The minimum absolute atomic E-state index is 0. The summed E-state index contributed by atoms with van der Waals surface area (Å²) in [5.74, 6) is 0.349. The Kier molecular flexibility index (Phi) is 6.80. The lowest BCUT2D eigenvalue weighted by molar-refractivity contribution is 0.233. The highest BCUT2D eigenvalue weighted by atomic mass is 35.5. The van der Waals surface area contributed by atoms with Crippen molar-refractivity contribution >= 4 is 45.6 Å². The zero-order valence-corrected chi connectivity index (χ0v) is 15.6. The maximum absolute atomic E-state index is 12.8. The van der Waals surface area contributed by atoms with Crippen LogP contribution in [0.3, 0.4) is 0 Å². The highest BCUT2D eigenvalue weighted by Gasteiger charge is 2.35. The van der Waals surface area contributed by atoms with Crippen LogP contribution in [0.5, 0.6) is 5.75 Å². The molecule has 1 aromatic carbocycles. The van der Waals surface area contributed by atoms with Crippen LogP contribution in [0, 0.1) is 0 Å². The fraction of sp³-hybridized carbons (Fsp3) is 0.538. The van der Waals surface area contributed by atoms with Crippen molar-refractivity contribution < 1.29 is 13.2 Å². The lowest BCUT2D eigenvalue weighted by Crippen LogP contribution is -2.57. The predicted molar refractivity (Wildman–Crippen MR) is 91.1 cm³/mol. The van der Waals surface area contributed by atoms with E-state index in [1.54, 1.807) is 0 Å². The molecule has 0 spiro atoms. The van der Waals surface area contributed by atoms with Crippen molar-refractivity contribution in [1.82, 2.24) is 9.62 Å². The molecule has 1 aromatic rings. The van der Waals surface area contributed by atoms with E-state index in [0.717, 1.165) is 0 Å². The lowest BCUT2D eigenvalue weighted by atomic mass is 10.1. The van der Waals surface area contributed by atoms with Crippen LogP contribution in [0.1, 0.15) is 13.8 Å². The molecule has 1 heterocycles. The van der Waals surface area contributed by atoms with Crippen LogP contribution in [-0.2, 0) is 10.0 Å². The van der Waals surface area contributed by atoms with Crippen LogP contribution in [0.25, 0.3) is 0 Å². The first kappa shape index (κ1) is 19.8. The Bertz CT molecular complexity index is 640. The molecule has 2 rings (SSSR count). The van der Waals surface area contributed by atoms with Gasteiger partial charge in [-0.2, -0.15) is 4.31 Å².